The molecule has 20 heavy (non-hydrogen) atoms. The van der Waals surface area contributed by atoms with Crippen LogP contribution in [-0.2, 0) is 11.2 Å². The summed E-state index contributed by atoms with van der Waals surface area (Å²) in [5, 5.41) is 3.73. The summed E-state index contributed by atoms with van der Waals surface area (Å²) in [5.74, 6) is 0. The quantitative estimate of drug-likeness (QED) is 0.851. The van der Waals surface area contributed by atoms with Crippen LogP contribution in [0.25, 0.3) is 0 Å². The minimum Gasteiger partial charge on any atom is -0.374 e. The highest BCUT2D eigenvalue weighted by Gasteiger charge is 2.36. The number of hydrogen-bond donors (Lipinski definition) is 1. The Morgan fingerprint density at radius 2 is 2.10 bits per heavy atom. The maximum Gasteiger partial charge on any atom is 0.0810 e. The van der Waals surface area contributed by atoms with Gasteiger partial charge in [0.15, 0.2) is 0 Å². The number of benzene rings is 1. The van der Waals surface area contributed by atoms with Crippen molar-refractivity contribution in [3.05, 3.63) is 35.4 Å². The lowest BCUT2D eigenvalue weighted by Crippen LogP contribution is -2.53. The molecule has 2 unspecified atom stereocenters. The van der Waals surface area contributed by atoms with E-state index in [2.05, 4.69) is 50.4 Å². The molecular weight excluding hydrogens is 246 g/mol. The van der Waals surface area contributed by atoms with E-state index < -0.39 is 0 Å². The van der Waals surface area contributed by atoms with Crippen LogP contribution < -0.4 is 5.32 Å². The fraction of sp³-hybridized carbons (Fsp3) is 0.667. The molecular formula is C18H29NO. The molecule has 1 aromatic carbocycles. The van der Waals surface area contributed by atoms with Crippen molar-refractivity contribution in [3.63, 3.8) is 0 Å². The van der Waals surface area contributed by atoms with Gasteiger partial charge in [-0.3, -0.25) is 0 Å². The Bertz CT molecular complexity index is 410. The van der Waals surface area contributed by atoms with E-state index in [0.29, 0.717) is 6.04 Å². The molecule has 2 nitrogen and oxygen atoms in total. The maximum absolute atomic E-state index is 6.17. The Labute approximate surface area is 123 Å². The lowest BCUT2D eigenvalue weighted by molar-refractivity contribution is -0.0883. The third kappa shape index (κ3) is 3.83. The van der Waals surface area contributed by atoms with Crippen LogP contribution in [0.2, 0.25) is 0 Å². The van der Waals surface area contributed by atoms with Crippen molar-refractivity contribution in [2.24, 2.45) is 0 Å². The van der Waals surface area contributed by atoms with Gasteiger partial charge in [-0.15, -0.1) is 0 Å². The summed E-state index contributed by atoms with van der Waals surface area (Å²) in [6.07, 6.45) is 5.89. The summed E-state index contributed by atoms with van der Waals surface area (Å²) in [5.41, 5.74) is 2.81. The molecule has 0 spiro atoms. The molecule has 2 rings (SSSR count). The number of ether oxygens (including phenoxy) is 1. The van der Waals surface area contributed by atoms with E-state index in [1.165, 1.54) is 36.8 Å². The third-order valence-corrected chi connectivity index (χ3v) is 4.56. The van der Waals surface area contributed by atoms with E-state index in [-0.39, 0.29) is 5.60 Å². The lowest BCUT2D eigenvalue weighted by atomic mass is 9.84. The molecule has 1 saturated heterocycles. The van der Waals surface area contributed by atoms with Gasteiger partial charge in [0.2, 0.25) is 0 Å². The van der Waals surface area contributed by atoms with Crippen molar-refractivity contribution in [2.75, 3.05) is 13.2 Å². The first-order valence-electron chi connectivity index (χ1n) is 8.07. The molecule has 1 N–H and O–H groups in total. The molecule has 0 saturated carbocycles. The van der Waals surface area contributed by atoms with Crippen LogP contribution in [0, 0.1) is 6.92 Å². The fourth-order valence-electron chi connectivity index (χ4n) is 3.11. The molecule has 0 aliphatic carbocycles. The van der Waals surface area contributed by atoms with Crippen molar-refractivity contribution < 1.29 is 4.74 Å². The second-order valence-corrected chi connectivity index (χ2v) is 6.26. The molecule has 112 valence electrons. The average molecular weight is 275 g/mol. The maximum atomic E-state index is 6.17. The summed E-state index contributed by atoms with van der Waals surface area (Å²) >= 11 is 0. The minimum atomic E-state index is -0.0182. The SMILES string of the molecule is CCCNC(Cc1ccccc1C)C1(C)CCCCO1. The molecule has 0 amide bonds. The smallest absolute Gasteiger partial charge is 0.0810 e. The van der Waals surface area contributed by atoms with E-state index in [1.54, 1.807) is 0 Å². The Hall–Kier alpha value is -0.860. The summed E-state index contributed by atoms with van der Waals surface area (Å²) in [6.45, 7) is 8.69. The van der Waals surface area contributed by atoms with E-state index >= 15 is 0 Å². The largest absolute Gasteiger partial charge is 0.374 e. The van der Waals surface area contributed by atoms with Crippen molar-refractivity contribution in [1.82, 2.24) is 5.32 Å². The molecule has 0 bridgehead atoms. The molecule has 1 aliphatic heterocycles. The number of rotatable bonds is 6. The Balaban J connectivity index is 2.12. The van der Waals surface area contributed by atoms with E-state index in [0.717, 1.165) is 19.6 Å². The van der Waals surface area contributed by atoms with Crippen LogP contribution in [0.3, 0.4) is 0 Å². The first-order valence-corrected chi connectivity index (χ1v) is 8.07. The zero-order valence-corrected chi connectivity index (χ0v) is 13.2. The second kappa shape index (κ2) is 7.24. The summed E-state index contributed by atoms with van der Waals surface area (Å²) in [7, 11) is 0. The van der Waals surface area contributed by atoms with Crippen molar-refractivity contribution in [1.29, 1.82) is 0 Å². The monoisotopic (exact) mass is 275 g/mol. The highest BCUT2D eigenvalue weighted by Crippen LogP contribution is 2.30. The molecule has 0 aromatic heterocycles. The molecule has 0 radical (unpaired) electrons. The number of aryl methyl sites for hydroxylation is 1. The van der Waals surface area contributed by atoms with Crippen LogP contribution in [0.15, 0.2) is 24.3 Å². The topological polar surface area (TPSA) is 21.3 Å². The zero-order chi connectivity index (χ0) is 14.4. The van der Waals surface area contributed by atoms with Gasteiger partial charge in [0.05, 0.1) is 5.60 Å². The van der Waals surface area contributed by atoms with Gasteiger partial charge in [0.25, 0.3) is 0 Å². The van der Waals surface area contributed by atoms with Gasteiger partial charge in [-0.25, -0.2) is 0 Å². The molecule has 1 aliphatic rings. The highest BCUT2D eigenvalue weighted by atomic mass is 16.5. The van der Waals surface area contributed by atoms with Gasteiger partial charge in [0, 0.05) is 12.6 Å². The molecule has 2 heteroatoms. The van der Waals surface area contributed by atoms with Gasteiger partial charge >= 0.3 is 0 Å². The Morgan fingerprint density at radius 1 is 1.30 bits per heavy atom. The van der Waals surface area contributed by atoms with Crippen molar-refractivity contribution >= 4 is 0 Å². The van der Waals surface area contributed by atoms with E-state index in [9.17, 15) is 0 Å². The van der Waals surface area contributed by atoms with Crippen LogP contribution >= 0.6 is 0 Å². The first kappa shape index (κ1) is 15.5. The molecule has 1 heterocycles. The third-order valence-electron chi connectivity index (χ3n) is 4.56. The zero-order valence-electron chi connectivity index (χ0n) is 13.2. The summed E-state index contributed by atoms with van der Waals surface area (Å²) < 4.78 is 6.17. The highest BCUT2D eigenvalue weighted by molar-refractivity contribution is 5.27. The normalized spacial score (nSPS) is 24.6. The number of nitrogens with one attached hydrogen (secondary N) is 1. The van der Waals surface area contributed by atoms with Gasteiger partial charge in [-0.05, 0) is 63.6 Å². The molecule has 2 atom stereocenters. The first-order chi connectivity index (χ1) is 9.65. The molecule has 1 fully saturated rings. The van der Waals surface area contributed by atoms with Gasteiger partial charge in [-0.2, -0.15) is 0 Å². The fourth-order valence-corrected chi connectivity index (χ4v) is 3.11. The summed E-state index contributed by atoms with van der Waals surface area (Å²) in [6, 6.07) is 9.12. The predicted octanol–water partition coefficient (Wildman–Crippen LogP) is 3.86. The Kier molecular flexibility index (Phi) is 5.62. The lowest BCUT2D eigenvalue weighted by Gasteiger charge is -2.41. The predicted molar refractivity (Wildman–Crippen MR) is 85.2 cm³/mol. The van der Waals surface area contributed by atoms with Crippen LogP contribution in [0.5, 0.6) is 0 Å². The van der Waals surface area contributed by atoms with Gasteiger partial charge in [-0.1, -0.05) is 31.2 Å². The second-order valence-electron chi connectivity index (χ2n) is 6.26. The van der Waals surface area contributed by atoms with Crippen LogP contribution in [0.1, 0.15) is 50.7 Å². The van der Waals surface area contributed by atoms with Gasteiger partial charge < -0.3 is 10.1 Å². The molecule has 1 aromatic rings. The Morgan fingerprint density at radius 3 is 2.75 bits per heavy atom. The average Bonchev–Trinajstić information content (AvgIpc) is 2.46. The van der Waals surface area contributed by atoms with E-state index in [4.69, 9.17) is 4.74 Å². The van der Waals surface area contributed by atoms with Gasteiger partial charge in [0.1, 0.15) is 0 Å². The van der Waals surface area contributed by atoms with Crippen LogP contribution in [0.4, 0.5) is 0 Å². The number of hydrogen-bond acceptors (Lipinski definition) is 2. The summed E-state index contributed by atoms with van der Waals surface area (Å²) in [4.78, 5) is 0. The standard InChI is InChI=1S/C18H29NO/c1-4-12-19-17(18(3)11-7-8-13-20-18)14-16-10-6-5-9-15(16)2/h5-6,9-10,17,19H,4,7-8,11-14H2,1-3H3. The van der Waals surface area contributed by atoms with Crippen LogP contribution in [-0.4, -0.2) is 24.8 Å². The van der Waals surface area contributed by atoms with Crippen molar-refractivity contribution in [2.45, 2.75) is 64.5 Å². The van der Waals surface area contributed by atoms with Crippen molar-refractivity contribution in [3.8, 4) is 0 Å². The van der Waals surface area contributed by atoms with E-state index in [1.807, 2.05) is 0 Å². The minimum absolute atomic E-state index is 0.0182.